The maximum Gasteiger partial charge on any atom is 0.255 e. The highest BCUT2D eigenvalue weighted by Crippen LogP contribution is 2.35. The Bertz CT molecular complexity index is 1020. The Hall–Kier alpha value is -4.20. The molecule has 3 aromatic carbocycles. The van der Waals surface area contributed by atoms with Gasteiger partial charge in [0.15, 0.2) is 17.2 Å². The molecule has 0 bridgehead atoms. The molecule has 0 atom stereocenters. The fraction of sp³-hybridized carbons (Fsp3) is 0. The second kappa shape index (κ2) is 7.58. The van der Waals surface area contributed by atoms with Crippen molar-refractivity contribution in [2.45, 2.75) is 0 Å². The molecule has 2 amide bonds. The molecule has 6 N–H and O–H groups in total. The van der Waals surface area contributed by atoms with Crippen molar-refractivity contribution < 1.29 is 30.0 Å². The van der Waals surface area contributed by atoms with Crippen LogP contribution in [0.3, 0.4) is 0 Å². The Kier molecular flexibility index (Phi) is 5.03. The second-order valence-corrected chi connectivity index (χ2v) is 5.90. The normalized spacial score (nSPS) is 10.3. The Labute approximate surface area is 159 Å². The molecule has 0 saturated carbocycles. The first-order valence-corrected chi connectivity index (χ1v) is 8.10. The van der Waals surface area contributed by atoms with Crippen LogP contribution in [0.1, 0.15) is 20.7 Å². The molecular weight excluding hydrogens is 364 g/mol. The average Bonchev–Trinajstić information content (AvgIpc) is 2.66. The number of nitrogens with one attached hydrogen (secondary N) is 2. The van der Waals surface area contributed by atoms with Crippen LogP contribution in [-0.4, -0.2) is 32.2 Å². The first-order valence-electron chi connectivity index (χ1n) is 8.10. The second-order valence-electron chi connectivity index (χ2n) is 5.90. The van der Waals surface area contributed by atoms with Crippen LogP contribution in [0.5, 0.6) is 23.0 Å². The monoisotopic (exact) mass is 380 g/mol. The van der Waals surface area contributed by atoms with Crippen LogP contribution in [0.25, 0.3) is 0 Å². The number of hydrogen-bond donors (Lipinski definition) is 6. The minimum absolute atomic E-state index is 0.0487. The Balaban J connectivity index is 1.73. The number of phenols is 4. The highest BCUT2D eigenvalue weighted by atomic mass is 16.3. The molecule has 28 heavy (non-hydrogen) atoms. The van der Waals surface area contributed by atoms with Crippen LogP contribution in [0.15, 0.2) is 60.7 Å². The van der Waals surface area contributed by atoms with Gasteiger partial charge in [-0.2, -0.15) is 0 Å². The van der Waals surface area contributed by atoms with Crippen LogP contribution in [0.2, 0.25) is 0 Å². The highest BCUT2D eigenvalue weighted by molar-refractivity contribution is 6.06. The fourth-order valence-corrected chi connectivity index (χ4v) is 2.43. The van der Waals surface area contributed by atoms with Gasteiger partial charge in [-0.05, 0) is 54.6 Å². The summed E-state index contributed by atoms with van der Waals surface area (Å²) in [5.41, 5.74) is 1.07. The van der Waals surface area contributed by atoms with Gasteiger partial charge in [-0.15, -0.1) is 0 Å². The SMILES string of the molecule is O=C(Nc1cccc(NC(=O)c2cc(O)c(O)c(O)c2)c1)c1ccc(O)cc1. The summed E-state index contributed by atoms with van der Waals surface area (Å²) in [6, 6.07) is 14.1. The summed E-state index contributed by atoms with van der Waals surface area (Å²) in [5, 5.41) is 42.9. The molecule has 0 unspecified atom stereocenters. The number of phenolic OH excluding ortho intramolecular Hbond substituents is 4. The predicted octanol–water partition coefficient (Wildman–Crippen LogP) is 3.01. The van der Waals surface area contributed by atoms with Crippen LogP contribution >= 0.6 is 0 Å². The Morgan fingerprint density at radius 3 is 1.68 bits per heavy atom. The van der Waals surface area contributed by atoms with Crippen molar-refractivity contribution in [2.24, 2.45) is 0 Å². The molecule has 3 rings (SSSR count). The number of hydrogen-bond acceptors (Lipinski definition) is 6. The van der Waals surface area contributed by atoms with Crippen LogP contribution < -0.4 is 10.6 Å². The zero-order valence-corrected chi connectivity index (χ0v) is 14.4. The van der Waals surface area contributed by atoms with Gasteiger partial charge in [-0.1, -0.05) is 6.07 Å². The van der Waals surface area contributed by atoms with Gasteiger partial charge in [0.05, 0.1) is 0 Å². The van der Waals surface area contributed by atoms with Crippen molar-refractivity contribution in [1.82, 2.24) is 0 Å². The Morgan fingerprint density at radius 2 is 1.14 bits per heavy atom. The molecule has 0 saturated heterocycles. The zero-order chi connectivity index (χ0) is 20.3. The maximum atomic E-state index is 12.3. The molecule has 8 nitrogen and oxygen atoms in total. The van der Waals surface area contributed by atoms with Crippen molar-refractivity contribution in [3.05, 3.63) is 71.8 Å². The van der Waals surface area contributed by atoms with Crippen molar-refractivity contribution in [2.75, 3.05) is 10.6 Å². The minimum atomic E-state index is -0.713. The van der Waals surface area contributed by atoms with Gasteiger partial charge >= 0.3 is 0 Å². The lowest BCUT2D eigenvalue weighted by atomic mass is 10.1. The lowest BCUT2D eigenvalue weighted by Gasteiger charge is -2.10. The summed E-state index contributed by atoms with van der Waals surface area (Å²) in [4.78, 5) is 24.5. The maximum absolute atomic E-state index is 12.3. The predicted molar refractivity (Wildman–Crippen MR) is 102 cm³/mol. The molecule has 0 heterocycles. The van der Waals surface area contributed by atoms with E-state index < -0.39 is 29.1 Å². The summed E-state index contributed by atoms with van der Waals surface area (Å²) < 4.78 is 0. The van der Waals surface area contributed by atoms with Crippen LogP contribution in [0.4, 0.5) is 11.4 Å². The van der Waals surface area contributed by atoms with Crippen molar-refractivity contribution in [3.63, 3.8) is 0 Å². The van der Waals surface area contributed by atoms with E-state index >= 15 is 0 Å². The molecule has 0 aliphatic carbocycles. The lowest BCUT2D eigenvalue weighted by molar-refractivity contribution is 0.101. The third kappa shape index (κ3) is 4.13. The van der Waals surface area contributed by atoms with E-state index in [0.717, 1.165) is 12.1 Å². The molecular formula is C20H16N2O6. The number of anilines is 2. The smallest absolute Gasteiger partial charge is 0.255 e. The van der Waals surface area contributed by atoms with Gasteiger partial charge in [0.25, 0.3) is 11.8 Å². The summed E-state index contributed by atoms with van der Waals surface area (Å²) in [5.74, 6) is -2.94. The van der Waals surface area contributed by atoms with Crippen molar-refractivity contribution in [1.29, 1.82) is 0 Å². The van der Waals surface area contributed by atoms with Gasteiger partial charge < -0.3 is 31.1 Å². The molecule has 3 aromatic rings. The van der Waals surface area contributed by atoms with E-state index in [1.807, 2.05) is 0 Å². The van der Waals surface area contributed by atoms with Gasteiger partial charge in [-0.25, -0.2) is 0 Å². The van der Waals surface area contributed by atoms with Gasteiger partial charge in [0, 0.05) is 22.5 Å². The fourth-order valence-electron chi connectivity index (χ4n) is 2.43. The molecule has 0 aliphatic heterocycles. The van der Waals surface area contributed by atoms with E-state index in [9.17, 15) is 30.0 Å². The zero-order valence-electron chi connectivity index (χ0n) is 14.4. The molecule has 8 heteroatoms. The Morgan fingerprint density at radius 1 is 0.643 bits per heavy atom. The molecule has 0 spiro atoms. The van der Waals surface area contributed by atoms with Crippen molar-refractivity contribution >= 4 is 23.2 Å². The van der Waals surface area contributed by atoms with E-state index in [0.29, 0.717) is 16.9 Å². The highest BCUT2D eigenvalue weighted by Gasteiger charge is 2.14. The first kappa shape index (κ1) is 18.6. The van der Waals surface area contributed by atoms with Gasteiger partial charge in [-0.3, -0.25) is 9.59 Å². The summed E-state index contributed by atoms with van der Waals surface area (Å²) in [6.07, 6.45) is 0. The van der Waals surface area contributed by atoms with Gasteiger partial charge in [0.2, 0.25) is 0 Å². The number of rotatable bonds is 4. The van der Waals surface area contributed by atoms with Gasteiger partial charge in [0.1, 0.15) is 5.75 Å². The third-order valence-electron chi connectivity index (χ3n) is 3.84. The molecule has 142 valence electrons. The first-order chi connectivity index (χ1) is 13.3. The van der Waals surface area contributed by atoms with E-state index in [1.165, 1.54) is 30.3 Å². The number of carbonyl (C=O) groups is 2. The number of amides is 2. The van der Waals surface area contributed by atoms with Crippen LogP contribution in [0, 0.1) is 0 Å². The number of benzene rings is 3. The summed E-state index contributed by atoms with van der Waals surface area (Å²) in [7, 11) is 0. The molecule has 0 fully saturated rings. The van der Waals surface area contributed by atoms with E-state index in [2.05, 4.69) is 10.6 Å². The quantitative estimate of drug-likeness (QED) is 0.385. The van der Waals surface area contributed by atoms with Crippen LogP contribution in [-0.2, 0) is 0 Å². The van der Waals surface area contributed by atoms with E-state index in [4.69, 9.17) is 0 Å². The topological polar surface area (TPSA) is 139 Å². The van der Waals surface area contributed by atoms with E-state index in [1.54, 1.807) is 18.2 Å². The molecule has 0 radical (unpaired) electrons. The standard InChI is InChI=1S/C20H16N2O6/c23-15-6-4-11(5-7-15)19(27)21-13-2-1-3-14(10-13)22-20(28)12-8-16(24)18(26)17(25)9-12/h1-10,23-26H,(H,21,27)(H,22,28). The summed E-state index contributed by atoms with van der Waals surface area (Å²) in [6.45, 7) is 0. The largest absolute Gasteiger partial charge is 0.508 e. The minimum Gasteiger partial charge on any atom is -0.508 e. The third-order valence-corrected chi connectivity index (χ3v) is 3.84. The molecule has 0 aliphatic rings. The lowest BCUT2D eigenvalue weighted by Crippen LogP contribution is -2.14. The average molecular weight is 380 g/mol. The molecule has 0 aromatic heterocycles. The van der Waals surface area contributed by atoms with Crippen molar-refractivity contribution in [3.8, 4) is 23.0 Å². The summed E-state index contributed by atoms with van der Waals surface area (Å²) >= 11 is 0. The van der Waals surface area contributed by atoms with E-state index in [-0.39, 0.29) is 11.3 Å². The number of aromatic hydroxyl groups is 4. The number of carbonyl (C=O) groups excluding carboxylic acids is 2.